The maximum atomic E-state index is 12.4. The van der Waals surface area contributed by atoms with Crippen molar-refractivity contribution in [1.29, 1.82) is 0 Å². The second-order valence-electron chi connectivity index (χ2n) is 4.76. The van der Waals surface area contributed by atoms with Crippen LogP contribution in [0.5, 0.6) is 0 Å². The van der Waals surface area contributed by atoms with Crippen LogP contribution in [0.15, 0.2) is 38.3 Å². The van der Waals surface area contributed by atoms with Crippen molar-refractivity contribution in [2.45, 2.75) is 22.8 Å². The molecule has 4 nitrogen and oxygen atoms in total. The number of hydrogen-bond acceptors (Lipinski definition) is 4. The van der Waals surface area contributed by atoms with E-state index < -0.39 is 22.2 Å². The van der Waals surface area contributed by atoms with Gasteiger partial charge in [-0.2, -0.15) is 0 Å². The van der Waals surface area contributed by atoms with Gasteiger partial charge in [-0.3, -0.25) is 0 Å². The van der Waals surface area contributed by atoms with Gasteiger partial charge in [-0.05, 0) is 33.1 Å². The van der Waals surface area contributed by atoms with Gasteiger partial charge in [0.2, 0.25) is 0 Å². The molecule has 2 aromatic rings. The number of thiophene rings is 1. The van der Waals surface area contributed by atoms with Crippen LogP contribution in [0.4, 0.5) is 0 Å². The van der Waals surface area contributed by atoms with Crippen molar-refractivity contribution in [3.8, 4) is 0 Å². The lowest BCUT2D eigenvalue weighted by Gasteiger charge is -2.17. The number of aliphatic hydroxyl groups is 1. The Balaban J connectivity index is 1.93. The standard InChI is InChI=1S/C13H11BrClNO3S2/c14-13-9(15)6-11(20-13)21(18,19)16-12-8-4-2-1-3-7(8)5-10(12)17/h1-4,6,10,12,16-17H,5H2/t10-,12+/m0/s1. The van der Waals surface area contributed by atoms with Crippen LogP contribution in [-0.4, -0.2) is 19.6 Å². The molecule has 1 aromatic carbocycles. The number of aliphatic hydroxyl groups excluding tert-OH is 1. The summed E-state index contributed by atoms with van der Waals surface area (Å²) in [5.41, 5.74) is 1.78. The average molecular weight is 409 g/mol. The van der Waals surface area contributed by atoms with Crippen LogP contribution in [0, 0.1) is 0 Å². The fourth-order valence-corrected chi connectivity index (χ4v) is 6.06. The van der Waals surface area contributed by atoms with Crippen LogP contribution < -0.4 is 4.72 Å². The van der Waals surface area contributed by atoms with Crippen molar-refractivity contribution in [3.63, 3.8) is 0 Å². The van der Waals surface area contributed by atoms with Gasteiger partial charge in [0.15, 0.2) is 0 Å². The molecular formula is C13H11BrClNO3S2. The summed E-state index contributed by atoms with van der Waals surface area (Å²) in [5.74, 6) is 0. The minimum atomic E-state index is -3.73. The Kier molecular flexibility index (Phi) is 4.15. The molecule has 112 valence electrons. The van der Waals surface area contributed by atoms with E-state index in [1.165, 1.54) is 6.07 Å². The summed E-state index contributed by atoms with van der Waals surface area (Å²) in [5, 5.41) is 10.5. The van der Waals surface area contributed by atoms with Crippen molar-refractivity contribution in [2.75, 3.05) is 0 Å². The molecule has 0 aliphatic heterocycles. The van der Waals surface area contributed by atoms with E-state index >= 15 is 0 Å². The van der Waals surface area contributed by atoms with Crippen molar-refractivity contribution in [3.05, 3.63) is 50.3 Å². The molecule has 1 aliphatic rings. The minimum absolute atomic E-state index is 0.121. The molecule has 0 amide bonds. The molecular weight excluding hydrogens is 398 g/mol. The van der Waals surface area contributed by atoms with Crippen LogP contribution in [0.3, 0.4) is 0 Å². The lowest BCUT2D eigenvalue weighted by atomic mass is 10.1. The molecule has 0 fully saturated rings. The zero-order valence-electron chi connectivity index (χ0n) is 10.6. The molecule has 8 heteroatoms. The second-order valence-corrected chi connectivity index (χ2v) is 9.47. The van der Waals surface area contributed by atoms with E-state index in [4.69, 9.17) is 11.6 Å². The summed E-state index contributed by atoms with van der Waals surface area (Å²) in [4.78, 5) is 0. The lowest BCUT2D eigenvalue weighted by molar-refractivity contribution is 0.151. The van der Waals surface area contributed by atoms with Gasteiger partial charge in [-0.25, -0.2) is 13.1 Å². The average Bonchev–Trinajstić information content (AvgIpc) is 2.92. The lowest BCUT2D eigenvalue weighted by Crippen LogP contribution is -2.33. The molecule has 0 spiro atoms. The molecule has 2 N–H and O–H groups in total. The molecule has 1 heterocycles. The number of fused-ring (bicyclic) bond motifs is 1. The zero-order valence-corrected chi connectivity index (χ0v) is 14.6. The van der Waals surface area contributed by atoms with Gasteiger partial charge in [0.25, 0.3) is 10.0 Å². The highest BCUT2D eigenvalue weighted by molar-refractivity contribution is 9.11. The largest absolute Gasteiger partial charge is 0.391 e. The number of hydrogen-bond donors (Lipinski definition) is 2. The third-order valence-electron chi connectivity index (χ3n) is 3.37. The number of benzene rings is 1. The molecule has 0 saturated carbocycles. The smallest absolute Gasteiger partial charge is 0.250 e. The highest BCUT2D eigenvalue weighted by Gasteiger charge is 2.34. The predicted molar refractivity (Wildman–Crippen MR) is 86.2 cm³/mol. The third kappa shape index (κ3) is 2.91. The first-order chi connectivity index (χ1) is 9.88. The Morgan fingerprint density at radius 1 is 1.38 bits per heavy atom. The van der Waals surface area contributed by atoms with E-state index in [9.17, 15) is 13.5 Å². The molecule has 0 radical (unpaired) electrons. The molecule has 1 aromatic heterocycles. The van der Waals surface area contributed by atoms with E-state index in [-0.39, 0.29) is 4.21 Å². The number of halogens is 2. The highest BCUT2D eigenvalue weighted by atomic mass is 79.9. The Hall–Kier alpha value is -0.440. The van der Waals surface area contributed by atoms with Gasteiger partial charge in [0.05, 0.1) is 21.0 Å². The highest BCUT2D eigenvalue weighted by Crippen LogP contribution is 2.37. The Morgan fingerprint density at radius 3 is 2.76 bits per heavy atom. The van der Waals surface area contributed by atoms with Gasteiger partial charge in [0, 0.05) is 6.42 Å². The van der Waals surface area contributed by atoms with Gasteiger partial charge >= 0.3 is 0 Å². The first kappa shape index (κ1) is 15.5. The van der Waals surface area contributed by atoms with Crippen LogP contribution in [0.2, 0.25) is 5.02 Å². The summed E-state index contributed by atoms with van der Waals surface area (Å²) in [6, 6.07) is 8.19. The number of sulfonamides is 1. The van der Waals surface area contributed by atoms with Crippen molar-refractivity contribution >= 4 is 48.9 Å². The van der Waals surface area contributed by atoms with Gasteiger partial charge in [0.1, 0.15) is 4.21 Å². The fraction of sp³-hybridized carbons (Fsp3) is 0.231. The minimum Gasteiger partial charge on any atom is -0.391 e. The quantitative estimate of drug-likeness (QED) is 0.820. The van der Waals surface area contributed by atoms with E-state index in [0.717, 1.165) is 22.5 Å². The maximum Gasteiger partial charge on any atom is 0.250 e. The van der Waals surface area contributed by atoms with E-state index in [1.807, 2.05) is 24.3 Å². The summed E-state index contributed by atoms with van der Waals surface area (Å²) in [6.45, 7) is 0. The fourth-order valence-electron chi connectivity index (χ4n) is 2.40. The third-order valence-corrected chi connectivity index (χ3v) is 7.76. The summed E-state index contributed by atoms with van der Waals surface area (Å²) in [6.07, 6.45) is -0.325. The van der Waals surface area contributed by atoms with Gasteiger partial charge in [-0.1, -0.05) is 35.9 Å². The van der Waals surface area contributed by atoms with E-state index in [1.54, 1.807) is 0 Å². The van der Waals surface area contributed by atoms with Gasteiger partial charge in [-0.15, -0.1) is 11.3 Å². The summed E-state index contributed by atoms with van der Waals surface area (Å²) >= 11 is 10.1. The van der Waals surface area contributed by atoms with Crippen LogP contribution in [0.1, 0.15) is 17.2 Å². The van der Waals surface area contributed by atoms with Crippen LogP contribution in [0.25, 0.3) is 0 Å². The van der Waals surface area contributed by atoms with Crippen molar-refractivity contribution < 1.29 is 13.5 Å². The SMILES string of the molecule is O=S(=O)(N[C@@H]1c2ccccc2C[C@@H]1O)c1cc(Cl)c(Br)s1. The molecule has 3 rings (SSSR count). The molecule has 0 unspecified atom stereocenters. The number of rotatable bonds is 3. The molecule has 1 aliphatic carbocycles. The zero-order chi connectivity index (χ0) is 15.2. The molecule has 21 heavy (non-hydrogen) atoms. The first-order valence-electron chi connectivity index (χ1n) is 6.11. The van der Waals surface area contributed by atoms with E-state index in [2.05, 4.69) is 20.7 Å². The Labute approximate surface area is 139 Å². The summed E-state index contributed by atoms with van der Waals surface area (Å²) in [7, 11) is -3.73. The monoisotopic (exact) mass is 407 g/mol. The molecule has 2 atom stereocenters. The topological polar surface area (TPSA) is 66.4 Å². The normalized spacial score (nSPS) is 21.5. The number of nitrogens with one attached hydrogen (secondary N) is 1. The first-order valence-corrected chi connectivity index (χ1v) is 9.58. The predicted octanol–water partition coefficient (Wildman–Crippen LogP) is 3.10. The molecule has 0 bridgehead atoms. The Morgan fingerprint density at radius 2 is 2.10 bits per heavy atom. The molecule has 0 saturated heterocycles. The van der Waals surface area contributed by atoms with Crippen molar-refractivity contribution in [1.82, 2.24) is 4.72 Å². The Bertz CT molecular complexity index is 771. The second kappa shape index (κ2) is 5.64. The van der Waals surface area contributed by atoms with Crippen molar-refractivity contribution in [2.24, 2.45) is 0 Å². The maximum absolute atomic E-state index is 12.4. The van der Waals surface area contributed by atoms with Gasteiger partial charge < -0.3 is 5.11 Å². The van der Waals surface area contributed by atoms with Crippen LogP contribution in [-0.2, 0) is 16.4 Å². The van der Waals surface area contributed by atoms with Crippen LogP contribution >= 0.6 is 38.9 Å². The van der Waals surface area contributed by atoms with E-state index in [0.29, 0.717) is 15.2 Å². The summed E-state index contributed by atoms with van der Waals surface area (Å²) < 4.78 is 28.1.